The van der Waals surface area contributed by atoms with Gasteiger partial charge in [0.05, 0.1) is 12.8 Å². The third kappa shape index (κ3) is 5.24. The molecule has 0 radical (unpaired) electrons. The second kappa shape index (κ2) is 8.13. The Labute approximate surface area is 153 Å². The number of hydrogen-bond donors (Lipinski definition) is 1. The average Bonchev–Trinajstić information content (AvgIpc) is 3.11. The van der Waals surface area contributed by atoms with Gasteiger partial charge in [-0.15, -0.1) is 13.2 Å². The van der Waals surface area contributed by atoms with Gasteiger partial charge >= 0.3 is 6.36 Å². The first kappa shape index (κ1) is 18.8. The zero-order chi connectivity index (χ0) is 19.3. The molecule has 0 saturated carbocycles. The lowest BCUT2D eigenvalue weighted by atomic mass is 10.2. The van der Waals surface area contributed by atoms with E-state index in [1.165, 1.54) is 18.4 Å². The van der Waals surface area contributed by atoms with E-state index in [0.29, 0.717) is 29.4 Å². The maximum Gasteiger partial charge on any atom is 0.573 e. The molecule has 0 aliphatic heterocycles. The van der Waals surface area contributed by atoms with Crippen LogP contribution in [0.15, 0.2) is 59.2 Å². The van der Waals surface area contributed by atoms with Gasteiger partial charge in [0.2, 0.25) is 5.89 Å². The molecule has 0 fully saturated rings. The van der Waals surface area contributed by atoms with Gasteiger partial charge in [-0.05, 0) is 24.3 Å². The maximum absolute atomic E-state index is 12.5. The number of benzene rings is 2. The second-order valence-electron chi connectivity index (χ2n) is 5.64. The topological polar surface area (TPSA) is 56.5 Å². The molecule has 8 heteroatoms. The molecule has 5 nitrogen and oxygen atoms in total. The molecule has 0 spiro atoms. The smallest absolute Gasteiger partial charge is 0.497 e. The Kier molecular flexibility index (Phi) is 5.66. The van der Waals surface area contributed by atoms with E-state index in [0.717, 1.165) is 5.56 Å². The number of ether oxygens (including phenoxy) is 2. The minimum Gasteiger partial charge on any atom is -0.497 e. The van der Waals surface area contributed by atoms with Gasteiger partial charge in [0.25, 0.3) is 0 Å². The average molecular weight is 378 g/mol. The third-order valence-electron chi connectivity index (χ3n) is 3.69. The van der Waals surface area contributed by atoms with E-state index >= 15 is 0 Å². The minimum absolute atomic E-state index is 0.188. The van der Waals surface area contributed by atoms with Crippen LogP contribution in [-0.4, -0.2) is 18.5 Å². The molecule has 1 aromatic heterocycles. The molecule has 3 rings (SSSR count). The molecule has 27 heavy (non-hydrogen) atoms. The first-order valence-electron chi connectivity index (χ1n) is 8.08. The van der Waals surface area contributed by atoms with Crippen LogP contribution < -0.4 is 14.8 Å². The normalized spacial score (nSPS) is 11.4. The Bertz CT molecular complexity index is 894. The fraction of sp³-hybridized carbons (Fsp3) is 0.211. The van der Waals surface area contributed by atoms with E-state index in [4.69, 9.17) is 9.15 Å². The monoisotopic (exact) mass is 378 g/mol. The highest BCUT2D eigenvalue weighted by Crippen LogP contribution is 2.26. The molecule has 2 aromatic carbocycles. The van der Waals surface area contributed by atoms with Crippen molar-refractivity contribution in [3.8, 4) is 23.0 Å². The lowest BCUT2D eigenvalue weighted by molar-refractivity contribution is -0.274. The molecule has 142 valence electrons. The molecule has 0 unspecified atom stereocenters. The Balaban J connectivity index is 1.61. The molecular weight excluding hydrogens is 361 g/mol. The Morgan fingerprint density at radius 1 is 1.07 bits per heavy atom. The van der Waals surface area contributed by atoms with Crippen LogP contribution in [0.1, 0.15) is 11.3 Å². The number of para-hydroxylation sites is 1. The van der Waals surface area contributed by atoms with Gasteiger partial charge in [-0.1, -0.05) is 24.3 Å². The van der Waals surface area contributed by atoms with Crippen molar-refractivity contribution in [3.05, 3.63) is 66.1 Å². The zero-order valence-corrected chi connectivity index (χ0v) is 14.4. The van der Waals surface area contributed by atoms with Crippen molar-refractivity contribution in [3.63, 3.8) is 0 Å². The van der Waals surface area contributed by atoms with E-state index in [2.05, 4.69) is 15.0 Å². The number of methoxy groups -OCH3 is 1. The Morgan fingerprint density at radius 3 is 2.67 bits per heavy atom. The Hall–Kier alpha value is -3.00. The van der Waals surface area contributed by atoms with Crippen LogP contribution in [0.2, 0.25) is 0 Å². The minimum atomic E-state index is -4.73. The molecule has 0 aliphatic rings. The molecule has 0 aliphatic carbocycles. The van der Waals surface area contributed by atoms with Crippen molar-refractivity contribution >= 4 is 0 Å². The number of nitrogens with zero attached hydrogens (tertiary/aromatic N) is 1. The Morgan fingerprint density at radius 2 is 1.89 bits per heavy atom. The molecule has 0 bridgehead atoms. The van der Waals surface area contributed by atoms with Gasteiger partial charge in [-0.25, -0.2) is 4.98 Å². The van der Waals surface area contributed by atoms with Crippen LogP contribution >= 0.6 is 0 Å². The van der Waals surface area contributed by atoms with Crippen LogP contribution in [0.25, 0.3) is 11.5 Å². The van der Waals surface area contributed by atoms with Gasteiger partial charge in [0.1, 0.15) is 17.8 Å². The van der Waals surface area contributed by atoms with Gasteiger partial charge < -0.3 is 19.2 Å². The van der Waals surface area contributed by atoms with E-state index in [9.17, 15) is 13.2 Å². The van der Waals surface area contributed by atoms with Crippen molar-refractivity contribution in [1.29, 1.82) is 0 Å². The molecule has 0 atom stereocenters. The van der Waals surface area contributed by atoms with Gasteiger partial charge in [-0.2, -0.15) is 0 Å². The van der Waals surface area contributed by atoms with Crippen molar-refractivity contribution in [1.82, 2.24) is 10.3 Å². The number of oxazole rings is 1. The second-order valence-corrected chi connectivity index (χ2v) is 5.64. The molecule has 1 heterocycles. The summed E-state index contributed by atoms with van der Waals surface area (Å²) in [6.45, 7) is 0.515. The molecule has 0 amide bonds. The summed E-state index contributed by atoms with van der Waals surface area (Å²) in [4.78, 5) is 4.37. The molecule has 1 N–H and O–H groups in total. The maximum atomic E-state index is 12.5. The summed E-state index contributed by atoms with van der Waals surface area (Å²) in [5.41, 5.74) is 1.79. The quantitative estimate of drug-likeness (QED) is 0.654. The van der Waals surface area contributed by atoms with Crippen molar-refractivity contribution in [2.75, 3.05) is 7.11 Å². The number of hydrogen-bond acceptors (Lipinski definition) is 5. The first-order valence-corrected chi connectivity index (χ1v) is 8.08. The van der Waals surface area contributed by atoms with Gasteiger partial charge in [0, 0.05) is 24.2 Å². The number of rotatable bonds is 7. The SMILES string of the molecule is COc1cccc(-c2nc(CNCc3ccccc3OC(F)(F)F)co2)c1. The van der Waals surface area contributed by atoms with E-state index in [1.807, 2.05) is 18.2 Å². The number of nitrogens with one attached hydrogen (secondary N) is 1. The van der Waals surface area contributed by atoms with Crippen LogP contribution in [-0.2, 0) is 13.1 Å². The summed E-state index contributed by atoms with van der Waals surface area (Å²) in [5, 5.41) is 3.04. The van der Waals surface area contributed by atoms with Crippen LogP contribution in [0.3, 0.4) is 0 Å². The highest BCUT2D eigenvalue weighted by Gasteiger charge is 2.31. The van der Waals surface area contributed by atoms with Crippen LogP contribution in [0.4, 0.5) is 13.2 Å². The fourth-order valence-corrected chi connectivity index (χ4v) is 2.48. The van der Waals surface area contributed by atoms with Crippen molar-refractivity contribution < 1.29 is 27.1 Å². The van der Waals surface area contributed by atoms with Crippen LogP contribution in [0.5, 0.6) is 11.5 Å². The highest BCUT2D eigenvalue weighted by molar-refractivity contribution is 5.56. The largest absolute Gasteiger partial charge is 0.573 e. The summed E-state index contributed by atoms with van der Waals surface area (Å²) in [7, 11) is 1.57. The zero-order valence-electron chi connectivity index (χ0n) is 14.4. The van der Waals surface area contributed by atoms with Gasteiger partial charge in [-0.3, -0.25) is 0 Å². The number of aromatic nitrogens is 1. The summed E-state index contributed by atoms with van der Waals surface area (Å²) in [6.07, 6.45) is -3.23. The standard InChI is InChI=1S/C19H17F3N2O3/c1-25-16-7-4-6-13(9-16)18-24-15(12-26-18)11-23-10-14-5-2-3-8-17(14)27-19(20,21)22/h2-9,12,23H,10-11H2,1H3. The summed E-state index contributed by atoms with van der Waals surface area (Å²) >= 11 is 0. The van der Waals surface area contributed by atoms with E-state index < -0.39 is 6.36 Å². The summed E-state index contributed by atoms with van der Waals surface area (Å²) in [6, 6.07) is 13.3. The summed E-state index contributed by atoms with van der Waals surface area (Å²) in [5.74, 6) is 0.896. The molecule has 3 aromatic rings. The van der Waals surface area contributed by atoms with Crippen molar-refractivity contribution in [2.24, 2.45) is 0 Å². The fourth-order valence-electron chi connectivity index (χ4n) is 2.48. The lowest BCUT2D eigenvalue weighted by Gasteiger charge is -2.13. The lowest BCUT2D eigenvalue weighted by Crippen LogP contribution is -2.20. The predicted octanol–water partition coefficient (Wildman–Crippen LogP) is 4.54. The highest BCUT2D eigenvalue weighted by atomic mass is 19.4. The molecular formula is C19H17F3N2O3. The van der Waals surface area contributed by atoms with E-state index in [1.54, 1.807) is 25.3 Å². The number of halogens is 3. The third-order valence-corrected chi connectivity index (χ3v) is 3.69. The number of alkyl halides is 3. The van der Waals surface area contributed by atoms with Gasteiger partial charge in [0.15, 0.2) is 0 Å². The molecule has 0 saturated heterocycles. The van der Waals surface area contributed by atoms with Crippen molar-refractivity contribution in [2.45, 2.75) is 19.5 Å². The summed E-state index contributed by atoms with van der Waals surface area (Å²) < 4.78 is 52.0. The first-order chi connectivity index (χ1) is 12.9. The van der Waals surface area contributed by atoms with E-state index in [-0.39, 0.29) is 12.3 Å². The van der Waals surface area contributed by atoms with Crippen LogP contribution in [0, 0.1) is 0 Å². The predicted molar refractivity (Wildman–Crippen MR) is 92.2 cm³/mol.